The maximum Gasteiger partial charge on any atom is 0.303 e. The molecule has 18 heavy (non-hydrogen) atoms. The molecule has 0 radical (unpaired) electrons. The van der Waals surface area contributed by atoms with E-state index in [9.17, 15) is 4.79 Å². The summed E-state index contributed by atoms with van der Waals surface area (Å²) in [7, 11) is 1.51. The van der Waals surface area contributed by atoms with Crippen LogP contribution in [0.4, 0.5) is 0 Å². The average Bonchev–Trinajstić information content (AvgIpc) is 2.58. The first kappa shape index (κ1) is 13.7. The molecule has 0 N–H and O–H groups in total. The van der Waals surface area contributed by atoms with Crippen LogP contribution in [-0.4, -0.2) is 49.6 Å². The highest BCUT2D eigenvalue weighted by atomic mass is 16.8. The van der Waals surface area contributed by atoms with Gasteiger partial charge in [0.2, 0.25) is 0 Å². The molecule has 0 aromatic heterocycles. The maximum absolute atomic E-state index is 11.2. The van der Waals surface area contributed by atoms with Crippen LogP contribution in [0.1, 0.15) is 27.7 Å². The Morgan fingerprint density at radius 3 is 2.39 bits per heavy atom. The fourth-order valence-electron chi connectivity index (χ4n) is 2.46. The lowest BCUT2D eigenvalue weighted by Crippen LogP contribution is -2.57. The van der Waals surface area contributed by atoms with Crippen molar-refractivity contribution in [3.63, 3.8) is 0 Å². The Labute approximate surface area is 106 Å². The van der Waals surface area contributed by atoms with E-state index in [1.807, 2.05) is 20.8 Å². The molecule has 0 aromatic rings. The molecule has 6 heteroatoms. The van der Waals surface area contributed by atoms with Gasteiger partial charge >= 0.3 is 5.97 Å². The standard InChI is InChI=1S/C12H20O6/c1-6-8-9(18-12(3,4)17-8)10(16-7(2)13)11(14-5)15-6/h6,8-11H,1-5H3. The van der Waals surface area contributed by atoms with Gasteiger partial charge < -0.3 is 23.7 Å². The van der Waals surface area contributed by atoms with E-state index in [2.05, 4.69) is 0 Å². The quantitative estimate of drug-likeness (QED) is 0.685. The summed E-state index contributed by atoms with van der Waals surface area (Å²) in [5, 5.41) is 0. The van der Waals surface area contributed by atoms with Crippen molar-refractivity contribution in [3.8, 4) is 0 Å². The summed E-state index contributed by atoms with van der Waals surface area (Å²) in [6, 6.07) is 0. The third-order valence-corrected chi connectivity index (χ3v) is 3.10. The van der Waals surface area contributed by atoms with E-state index in [4.69, 9.17) is 23.7 Å². The minimum absolute atomic E-state index is 0.187. The number of ether oxygens (including phenoxy) is 5. The molecule has 5 atom stereocenters. The van der Waals surface area contributed by atoms with Gasteiger partial charge in [-0.2, -0.15) is 0 Å². The molecule has 5 unspecified atom stereocenters. The molecule has 2 aliphatic rings. The molecule has 2 heterocycles. The van der Waals surface area contributed by atoms with Crippen molar-refractivity contribution in [2.45, 2.75) is 64.2 Å². The molecule has 0 amide bonds. The molecule has 0 aliphatic carbocycles. The maximum atomic E-state index is 11.2. The van der Waals surface area contributed by atoms with Gasteiger partial charge in [0.15, 0.2) is 18.2 Å². The first-order valence-corrected chi connectivity index (χ1v) is 6.05. The first-order valence-electron chi connectivity index (χ1n) is 6.05. The fourth-order valence-corrected chi connectivity index (χ4v) is 2.46. The van der Waals surface area contributed by atoms with Gasteiger partial charge in [0.25, 0.3) is 0 Å². The average molecular weight is 260 g/mol. The SMILES string of the molecule is COC1OC(C)C2OC(C)(C)OC2C1OC(C)=O. The summed E-state index contributed by atoms with van der Waals surface area (Å²) in [5.74, 6) is -1.11. The van der Waals surface area contributed by atoms with Gasteiger partial charge in [0.1, 0.15) is 12.2 Å². The van der Waals surface area contributed by atoms with E-state index in [1.54, 1.807) is 0 Å². The Balaban J connectivity index is 2.21. The van der Waals surface area contributed by atoms with Crippen molar-refractivity contribution < 1.29 is 28.5 Å². The monoisotopic (exact) mass is 260 g/mol. The molecule has 6 nitrogen and oxygen atoms in total. The lowest BCUT2D eigenvalue weighted by Gasteiger charge is -2.39. The third-order valence-electron chi connectivity index (χ3n) is 3.10. The molecule has 2 fully saturated rings. The molecular formula is C12H20O6. The van der Waals surface area contributed by atoms with E-state index in [1.165, 1.54) is 14.0 Å². The molecule has 2 saturated heterocycles. The number of hydrogen-bond acceptors (Lipinski definition) is 6. The smallest absolute Gasteiger partial charge is 0.303 e. The highest BCUT2D eigenvalue weighted by Crippen LogP contribution is 2.38. The number of esters is 1. The minimum Gasteiger partial charge on any atom is -0.454 e. The van der Waals surface area contributed by atoms with E-state index in [0.717, 1.165) is 0 Å². The summed E-state index contributed by atoms with van der Waals surface area (Å²) >= 11 is 0. The third kappa shape index (κ3) is 2.51. The Kier molecular flexibility index (Phi) is 3.64. The topological polar surface area (TPSA) is 63.2 Å². The zero-order chi connectivity index (χ0) is 13.5. The molecule has 0 aromatic carbocycles. The highest BCUT2D eigenvalue weighted by Gasteiger charge is 2.55. The zero-order valence-electron chi connectivity index (χ0n) is 11.3. The number of rotatable bonds is 2. The van der Waals surface area contributed by atoms with E-state index in [-0.39, 0.29) is 18.3 Å². The molecule has 104 valence electrons. The van der Waals surface area contributed by atoms with Crippen LogP contribution >= 0.6 is 0 Å². The van der Waals surface area contributed by atoms with Crippen LogP contribution in [0.15, 0.2) is 0 Å². The Bertz CT molecular complexity index is 329. The zero-order valence-corrected chi connectivity index (χ0v) is 11.3. The predicted octanol–water partition coefficient (Wildman–Crippen LogP) is 0.829. The second kappa shape index (κ2) is 4.77. The van der Waals surface area contributed by atoms with Crippen LogP contribution < -0.4 is 0 Å². The highest BCUT2D eigenvalue weighted by molar-refractivity contribution is 5.66. The summed E-state index contributed by atoms with van der Waals surface area (Å²) in [5.41, 5.74) is 0. The van der Waals surface area contributed by atoms with E-state index < -0.39 is 24.2 Å². The Hall–Kier alpha value is -0.690. The van der Waals surface area contributed by atoms with Crippen molar-refractivity contribution in [2.24, 2.45) is 0 Å². The van der Waals surface area contributed by atoms with Crippen LogP contribution in [0.25, 0.3) is 0 Å². The van der Waals surface area contributed by atoms with Crippen LogP contribution in [0, 0.1) is 0 Å². The fraction of sp³-hybridized carbons (Fsp3) is 0.917. The summed E-state index contributed by atoms with van der Waals surface area (Å²) in [4.78, 5) is 11.2. The molecule has 0 saturated carbocycles. The van der Waals surface area contributed by atoms with Crippen LogP contribution in [0.5, 0.6) is 0 Å². The summed E-state index contributed by atoms with van der Waals surface area (Å²) in [6.45, 7) is 6.88. The van der Waals surface area contributed by atoms with Crippen LogP contribution in [-0.2, 0) is 28.5 Å². The molecule has 2 aliphatic heterocycles. The van der Waals surface area contributed by atoms with Gasteiger partial charge in [0, 0.05) is 14.0 Å². The van der Waals surface area contributed by atoms with Gasteiger partial charge in [-0.3, -0.25) is 4.79 Å². The number of fused-ring (bicyclic) bond motifs is 1. The van der Waals surface area contributed by atoms with Gasteiger partial charge in [-0.15, -0.1) is 0 Å². The first-order chi connectivity index (χ1) is 8.34. The summed E-state index contributed by atoms with van der Waals surface area (Å²) < 4.78 is 27.7. The van der Waals surface area contributed by atoms with Gasteiger partial charge in [0.05, 0.1) is 6.10 Å². The van der Waals surface area contributed by atoms with Crippen molar-refractivity contribution in [3.05, 3.63) is 0 Å². The second-order valence-electron chi connectivity index (χ2n) is 5.08. The largest absolute Gasteiger partial charge is 0.454 e. The van der Waals surface area contributed by atoms with Crippen LogP contribution in [0.3, 0.4) is 0 Å². The minimum atomic E-state index is -0.714. The predicted molar refractivity (Wildman–Crippen MR) is 60.7 cm³/mol. The lowest BCUT2D eigenvalue weighted by molar-refractivity contribution is -0.270. The lowest BCUT2D eigenvalue weighted by atomic mass is 10.00. The van der Waals surface area contributed by atoms with Crippen molar-refractivity contribution in [1.29, 1.82) is 0 Å². The van der Waals surface area contributed by atoms with Gasteiger partial charge in [-0.1, -0.05) is 0 Å². The number of carbonyl (C=O) groups is 1. The Morgan fingerprint density at radius 2 is 1.83 bits per heavy atom. The van der Waals surface area contributed by atoms with E-state index >= 15 is 0 Å². The van der Waals surface area contributed by atoms with Crippen molar-refractivity contribution in [1.82, 2.24) is 0 Å². The molecule has 0 bridgehead atoms. The van der Waals surface area contributed by atoms with Crippen molar-refractivity contribution in [2.75, 3.05) is 7.11 Å². The summed E-state index contributed by atoms with van der Waals surface area (Å²) in [6.07, 6.45) is -2.08. The number of carbonyl (C=O) groups excluding carboxylic acids is 1. The number of methoxy groups -OCH3 is 1. The second-order valence-corrected chi connectivity index (χ2v) is 5.08. The van der Waals surface area contributed by atoms with Crippen molar-refractivity contribution >= 4 is 5.97 Å². The molecule has 2 rings (SSSR count). The van der Waals surface area contributed by atoms with Gasteiger partial charge in [-0.05, 0) is 20.8 Å². The molecular weight excluding hydrogens is 240 g/mol. The normalized spacial score (nSPS) is 42.4. The van der Waals surface area contributed by atoms with Gasteiger partial charge in [-0.25, -0.2) is 0 Å². The number of hydrogen-bond donors (Lipinski definition) is 0. The van der Waals surface area contributed by atoms with Crippen LogP contribution in [0.2, 0.25) is 0 Å². The molecule has 0 spiro atoms. The van der Waals surface area contributed by atoms with E-state index in [0.29, 0.717) is 0 Å². The Morgan fingerprint density at radius 1 is 1.22 bits per heavy atom.